The monoisotopic (exact) mass is 434 g/mol. The normalized spacial score (nSPS) is 11.0. The molecule has 2 amide bonds. The van der Waals surface area contributed by atoms with Crippen LogP contribution < -0.4 is 10.7 Å². The van der Waals surface area contributed by atoms with Crippen molar-refractivity contribution in [3.63, 3.8) is 0 Å². The van der Waals surface area contributed by atoms with E-state index in [-0.39, 0.29) is 10.2 Å². The first-order valence-corrected chi connectivity index (χ1v) is 9.13. The number of aromatic nitrogens is 1. The lowest BCUT2D eigenvalue weighted by molar-refractivity contribution is -0.136. The molecule has 2 N–H and O–H groups in total. The Morgan fingerprint density at radius 1 is 1.00 bits per heavy atom. The lowest BCUT2D eigenvalue weighted by Crippen LogP contribution is -2.32. The number of rotatable bonds is 3. The summed E-state index contributed by atoms with van der Waals surface area (Å²) in [5, 5.41) is 7.86. The smallest absolute Gasteiger partial charge is 0.318 e. The van der Waals surface area contributed by atoms with Gasteiger partial charge in [-0.25, -0.2) is 10.4 Å². The van der Waals surface area contributed by atoms with Crippen LogP contribution in [0.4, 0.5) is 5.69 Å². The number of hydrogen-bond acceptors (Lipinski definition) is 4. The average Bonchev–Trinajstić information content (AvgIpc) is 2.65. The summed E-state index contributed by atoms with van der Waals surface area (Å²) in [6.07, 6.45) is 1.32. The summed E-state index contributed by atoms with van der Waals surface area (Å²) in [6, 6.07) is 12.0. The van der Waals surface area contributed by atoms with Gasteiger partial charge in [-0.3, -0.25) is 9.59 Å². The third kappa shape index (κ3) is 4.78. The highest BCUT2D eigenvalue weighted by Crippen LogP contribution is 2.25. The van der Waals surface area contributed by atoms with E-state index in [0.717, 1.165) is 16.5 Å². The van der Waals surface area contributed by atoms with E-state index in [1.165, 1.54) is 24.4 Å². The number of hydrazone groups is 1. The SMILES string of the molecule is Cc1ccc2cc(/C=N\NC(=O)C(=O)Nc3ccc(Cl)c(Cl)c3)c(Cl)nc2c1. The fourth-order valence-corrected chi connectivity index (χ4v) is 2.83. The molecule has 0 saturated heterocycles. The first-order chi connectivity index (χ1) is 13.3. The molecule has 0 bridgehead atoms. The van der Waals surface area contributed by atoms with E-state index in [4.69, 9.17) is 34.8 Å². The van der Waals surface area contributed by atoms with Gasteiger partial charge in [0.25, 0.3) is 0 Å². The first-order valence-electron chi connectivity index (χ1n) is 8.00. The summed E-state index contributed by atoms with van der Waals surface area (Å²) >= 11 is 17.8. The highest BCUT2D eigenvalue weighted by molar-refractivity contribution is 6.43. The number of anilines is 1. The molecule has 0 spiro atoms. The third-order valence-electron chi connectivity index (χ3n) is 3.71. The van der Waals surface area contributed by atoms with Gasteiger partial charge in [0.2, 0.25) is 0 Å². The second-order valence-corrected chi connectivity index (χ2v) is 7.02. The summed E-state index contributed by atoms with van der Waals surface area (Å²) in [4.78, 5) is 28.1. The number of carbonyl (C=O) groups is 2. The molecular weight excluding hydrogens is 423 g/mol. The summed E-state index contributed by atoms with van der Waals surface area (Å²) in [5.74, 6) is -1.86. The van der Waals surface area contributed by atoms with Gasteiger partial charge in [0.15, 0.2) is 0 Å². The van der Waals surface area contributed by atoms with Gasteiger partial charge in [-0.2, -0.15) is 5.10 Å². The minimum atomic E-state index is -0.956. The van der Waals surface area contributed by atoms with Crippen molar-refractivity contribution in [3.8, 4) is 0 Å². The predicted molar refractivity (Wildman–Crippen MR) is 112 cm³/mol. The lowest BCUT2D eigenvalue weighted by atomic mass is 10.1. The van der Waals surface area contributed by atoms with E-state index in [9.17, 15) is 9.59 Å². The van der Waals surface area contributed by atoms with Gasteiger partial charge in [-0.15, -0.1) is 0 Å². The van der Waals surface area contributed by atoms with Gasteiger partial charge in [0, 0.05) is 16.6 Å². The summed E-state index contributed by atoms with van der Waals surface area (Å²) < 4.78 is 0. The number of fused-ring (bicyclic) bond motifs is 1. The Bertz CT molecular complexity index is 1120. The van der Waals surface area contributed by atoms with Crippen molar-refractivity contribution in [2.24, 2.45) is 5.10 Å². The van der Waals surface area contributed by atoms with Crippen LogP contribution in [0.1, 0.15) is 11.1 Å². The molecule has 1 heterocycles. The maximum absolute atomic E-state index is 11.9. The van der Waals surface area contributed by atoms with Crippen LogP contribution in [0.25, 0.3) is 10.9 Å². The zero-order chi connectivity index (χ0) is 20.3. The van der Waals surface area contributed by atoms with Crippen molar-refractivity contribution in [2.75, 3.05) is 5.32 Å². The van der Waals surface area contributed by atoms with Crippen molar-refractivity contribution in [1.29, 1.82) is 0 Å². The number of pyridine rings is 1. The van der Waals surface area contributed by atoms with Crippen molar-refractivity contribution >= 4 is 69.4 Å². The molecule has 2 aromatic carbocycles. The second kappa shape index (κ2) is 8.56. The molecule has 0 unspecified atom stereocenters. The van der Waals surface area contributed by atoms with Gasteiger partial charge in [-0.1, -0.05) is 46.9 Å². The molecule has 142 valence electrons. The van der Waals surface area contributed by atoms with Crippen molar-refractivity contribution in [2.45, 2.75) is 6.92 Å². The minimum absolute atomic E-state index is 0.233. The molecule has 0 saturated carbocycles. The molecule has 0 aliphatic carbocycles. The van der Waals surface area contributed by atoms with Gasteiger partial charge in [-0.05, 0) is 42.8 Å². The van der Waals surface area contributed by atoms with E-state index in [0.29, 0.717) is 16.3 Å². The number of halogens is 3. The van der Waals surface area contributed by atoms with Crippen LogP contribution in [-0.4, -0.2) is 23.0 Å². The van der Waals surface area contributed by atoms with Crippen LogP contribution in [0.15, 0.2) is 47.6 Å². The molecule has 0 aliphatic heterocycles. The predicted octanol–water partition coefficient (Wildman–Crippen LogP) is 4.59. The van der Waals surface area contributed by atoms with E-state index in [1.807, 2.05) is 25.1 Å². The van der Waals surface area contributed by atoms with Crippen molar-refractivity contribution < 1.29 is 9.59 Å². The molecule has 0 atom stereocenters. The van der Waals surface area contributed by atoms with Gasteiger partial charge < -0.3 is 5.32 Å². The molecule has 0 fully saturated rings. The fourth-order valence-electron chi connectivity index (χ4n) is 2.33. The fraction of sp³-hybridized carbons (Fsp3) is 0.0526. The average molecular weight is 436 g/mol. The molecular formula is C19H13Cl3N4O2. The van der Waals surface area contributed by atoms with Crippen molar-refractivity contribution in [3.05, 3.63) is 68.8 Å². The highest BCUT2D eigenvalue weighted by Gasteiger charge is 2.13. The van der Waals surface area contributed by atoms with E-state index in [2.05, 4.69) is 20.8 Å². The Morgan fingerprint density at radius 2 is 1.79 bits per heavy atom. The standard InChI is InChI=1S/C19H13Cl3N4O2/c1-10-2-3-11-7-12(17(22)25-16(11)6-10)9-23-26-19(28)18(27)24-13-4-5-14(20)15(21)8-13/h2-9H,1H3,(H,24,27)(H,26,28)/b23-9-. The number of carbonyl (C=O) groups excluding carboxylic acids is 2. The Hall–Kier alpha value is -2.67. The van der Waals surface area contributed by atoms with E-state index < -0.39 is 11.8 Å². The number of amides is 2. The number of nitrogens with one attached hydrogen (secondary N) is 2. The summed E-state index contributed by atoms with van der Waals surface area (Å²) in [5.41, 5.74) is 4.79. The maximum Gasteiger partial charge on any atom is 0.329 e. The molecule has 9 heteroatoms. The number of aryl methyl sites for hydroxylation is 1. The summed E-state index contributed by atoms with van der Waals surface area (Å²) in [6.45, 7) is 1.96. The topological polar surface area (TPSA) is 83.5 Å². The Morgan fingerprint density at radius 3 is 2.54 bits per heavy atom. The number of nitrogens with zero attached hydrogens (tertiary/aromatic N) is 2. The zero-order valence-electron chi connectivity index (χ0n) is 14.5. The minimum Gasteiger partial charge on any atom is -0.318 e. The molecule has 3 aromatic rings. The third-order valence-corrected chi connectivity index (χ3v) is 4.75. The molecule has 0 radical (unpaired) electrons. The quantitative estimate of drug-likeness (QED) is 0.273. The molecule has 3 rings (SSSR count). The molecule has 6 nitrogen and oxygen atoms in total. The van der Waals surface area contributed by atoms with E-state index in [1.54, 1.807) is 6.07 Å². The highest BCUT2D eigenvalue weighted by atomic mass is 35.5. The Labute approximate surface area is 175 Å². The van der Waals surface area contributed by atoms with Gasteiger partial charge in [0.05, 0.1) is 21.8 Å². The van der Waals surface area contributed by atoms with Gasteiger partial charge in [0.1, 0.15) is 5.15 Å². The molecule has 0 aliphatic rings. The summed E-state index contributed by atoms with van der Waals surface area (Å²) in [7, 11) is 0. The van der Waals surface area contributed by atoms with Crippen LogP contribution in [-0.2, 0) is 9.59 Å². The van der Waals surface area contributed by atoms with Crippen LogP contribution in [0.3, 0.4) is 0 Å². The largest absolute Gasteiger partial charge is 0.329 e. The zero-order valence-corrected chi connectivity index (χ0v) is 16.7. The number of benzene rings is 2. The van der Waals surface area contributed by atoms with Crippen LogP contribution >= 0.6 is 34.8 Å². The van der Waals surface area contributed by atoms with Crippen LogP contribution in [0, 0.1) is 6.92 Å². The Balaban J connectivity index is 1.66. The molecule has 1 aromatic heterocycles. The lowest BCUT2D eigenvalue weighted by Gasteiger charge is -2.05. The second-order valence-electron chi connectivity index (χ2n) is 5.85. The Kier molecular flexibility index (Phi) is 6.14. The first kappa shape index (κ1) is 20.1. The maximum atomic E-state index is 11.9. The molecule has 28 heavy (non-hydrogen) atoms. The number of hydrogen-bond donors (Lipinski definition) is 2. The van der Waals surface area contributed by atoms with E-state index >= 15 is 0 Å². The van der Waals surface area contributed by atoms with Crippen molar-refractivity contribution in [1.82, 2.24) is 10.4 Å². The van der Waals surface area contributed by atoms with Gasteiger partial charge >= 0.3 is 11.8 Å². The van der Waals surface area contributed by atoms with Crippen LogP contribution in [0.5, 0.6) is 0 Å². The van der Waals surface area contributed by atoms with Crippen LogP contribution in [0.2, 0.25) is 15.2 Å².